The summed E-state index contributed by atoms with van der Waals surface area (Å²) in [7, 11) is 1.79. The Morgan fingerprint density at radius 1 is 1.35 bits per heavy atom. The number of hydrogen-bond acceptors (Lipinski definition) is 3. The van der Waals surface area contributed by atoms with Crippen LogP contribution in [0.2, 0.25) is 0 Å². The summed E-state index contributed by atoms with van der Waals surface area (Å²) in [5, 5.41) is 0. The predicted molar refractivity (Wildman–Crippen MR) is 98.5 cm³/mol. The molecule has 5 heteroatoms. The largest absolute Gasteiger partial charge is 0.360 e. The Morgan fingerprint density at radius 3 is 2.77 bits per heavy atom. The maximum atomic E-state index is 13.1. The second-order valence-electron chi connectivity index (χ2n) is 7.75. The van der Waals surface area contributed by atoms with Crippen molar-refractivity contribution in [1.29, 1.82) is 0 Å². The topological polar surface area (TPSA) is 49.9 Å². The van der Waals surface area contributed by atoms with Crippen molar-refractivity contribution in [1.82, 2.24) is 9.80 Å². The summed E-state index contributed by atoms with van der Waals surface area (Å²) in [6.45, 7) is 5.86. The summed E-state index contributed by atoms with van der Waals surface area (Å²) in [4.78, 5) is 29.5. The second-order valence-corrected chi connectivity index (χ2v) is 7.75. The molecule has 0 radical (unpaired) electrons. The molecule has 0 aliphatic carbocycles. The lowest BCUT2D eigenvalue weighted by molar-refractivity contribution is -0.142. The van der Waals surface area contributed by atoms with Crippen LogP contribution in [-0.4, -0.2) is 60.0 Å². The van der Waals surface area contributed by atoms with Gasteiger partial charge in [0.2, 0.25) is 11.8 Å². The van der Waals surface area contributed by atoms with Crippen molar-refractivity contribution in [3.8, 4) is 0 Å². The molecule has 2 unspecified atom stereocenters. The fourth-order valence-corrected chi connectivity index (χ4v) is 4.48. The van der Waals surface area contributed by atoms with Crippen LogP contribution in [0.15, 0.2) is 36.4 Å². The highest BCUT2D eigenvalue weighted by Crippen LogP contribution is 2.52. The van der Waals surface area contributed by atoms with Crippen molar-refractivity contribution in [3.05, 3.63) is 47.5 Å². The Labute approximate surface area is 154 Å². The molecule has 2 amide bonds. The maximum absolute atomic E-state index is 13.1. The Balaban J connectivity index is 1.50. The standard InChI is InChI=1S/C21H26N2O3/c1-4-22(3)19(24)17-16-9-11-21(26-16)13-23(20(25)18(17)21)12-10-15-7-5-14(2)6-8-15/h5-9,11,16-18H,4,10,12-13H2,1-3H3/t16-,17?,18?,21-/m0/s1. The van der Waals surface area contributed by atoms with E-state index in [9.17, 15) is 9.59 Å². The minimum atomic E-state index is -0.607. The summed E-state index contributed by atoms with van der Waals surface area (Å²) in [6, 6.07) is 8.41. The van der Waals surface area contributed by atoms with Gasteiger partial charge in [-0.3, -0.25) is 9.59 Å². The number of nitrogens with zero attached hydrogens (tertiary/aromatic N) is 2. The van der Waals surface area contributed by atoms with Crippen LogP contribution < -0.4 is 0 Å². The van der Waals surface area contributed by atoms with Crippen LogP contribution in [0, 0.1) is 18.8 Å². The number of rotatable bonds is 5. The van der Waals surface area contributed by atoms with Gasteiger partial charge < -0.3 is 14.5 Å². The maximum Gasteiger partial charge on any atom is 0.230 e. The molecule has 4 rings (SSSR count). The molecule has 1 spiro atoms. The molecular weight excluding hydrogens is 328 g/mol. The number of amides is 2. The van der Waals surface area contributed by atoms with Gasteiger partial charge in [0.05, 0.1) is 24.5 Å². The van der Waals surface area contributed by atoms with Gasteiger partial charge >= 0.3 is 0 Å². The molecule has 3 aliphatic rings. The average Bonchev–Trinajstić information content (AvgIpc) is 3.28. The first-order valence-electron chi connectivity index (χ1n) is 9.41. The summed E-state index contributed by atoms with van der Waals surface area (Å²) in [6.07, 6.45) is 4.54. The Morgan fingerprint density at radius 2 is 2.08 bits per heavy atom. The summed E-state index contributed by atoms with van der Waals surface area (Å²) >= 11 is 0. The smallest absolute Gasteiger partial charge is 0.230 e. The zero-order chi connectivity index (χ0) is 18.5. The Kier molecular flexibility index (Phi) is 4.14. The molecular formula is C21H26N2O3. The van der Waals surface area contributed by atoms with E-state index in [0.29, 0.717) is 19.6 Å². The van der Waals surface area contributed by atoms with Gasteiger partial charge in [-0.15, -0.1) is 0 Å². The second kappa shape index (κ2) is 6.23. The lowest BCUT2D eigenvalue weighted by Crippen LogP contribution is -2.44. The van der Waals surface area contributed by atoms with Crippen LogP contribution in [0.1, 0.15) is 18.1 Å². The van der Waals surface area contributed by atoms with Gasteiger partial charge in [-0.05, 0) is 25.8 Å². The number of hydrogen-bond donors (Lipinski definition) is 0. The molecule has 4 atom stereocenters. The van der Waals surface area contributed by atoms with Crippen molar-refractivity contribution < 1.29 is 14.3 Å². The number of carbonyl (C=O) groups is 2. The van der Waals surface area contributed by atoms with E-state index in [1.807, 2.05) is 24.0 Å². The molecule has 0 saturated carbocycles. The van der Waals surface area contributed by atoms with Crippen LogP contribution in [0.3, 0.4) is 0 Å². The summed E-state index contributed by atoms with van der Waals surface area (Å²) < 4.78 is 6.16. The van der Waals surface area contributed by atoms with Gasteiger partial charge in [-0.1, -0.05) is 42.0 Å². The molecule has 3 heterocycles. The van der Waals surface area contributed by atoms with Gasteiger partial charge in [-0.2, -0.15) is 0 Å². The van der Waals surface area contributed by atoms with Gasteiger partial charge in [0.15, 0.2) is 0 Å². The van der Waals surface area contributed by atoms with E-state index in [1.165, 1.54) is 11.1 Å². The zero-order valence-corrected chi connectivity index (χ0v) is 15.6. The van der Waals surface area contributed by atoms with E-state index in [1.54, 1.807) is 11.9 Å². The van der Waals surface area contributed by atoms with Crippen LogP contribution >= 0.6 is 0 Å². The van der Waals surface area contributed by atoms with Crippen molar-refractivity contribution >= 4 is 11.8 Å². The van der Waals surface area contributed by atoms with Crippen molar-refractivity contribution in [3.63, 3.8) is 0 Å². The highest BCUT2D eigenvalue weighted by Gasteiger charge is 2.66. The molecule has 2 fully saturated rings. The molecule has 0 aromatic heterocycles. The van der Waals surface area contributed by atoms with Crippen molar-refractivity contribution in [2.45, 2.75) is 32.0 Å². The molecule has 0 N–H and O–H groups in total. The van der Waals surface area contributed by atoms with Crippen LogP contribution in [-0.2, 0) is 20.7 Å². The van der Waals surface area contributed by atoms with Crippen LogP contribution in [0.25, 0.3) is 0 Å². The predicted octanol–water partition coefficient (Wildman–Crippen LogP) is 1.80. The van der Waals surface area contributed by atoms with Crippen LogP contribution in [0.4, 0.5) is 0 Å². The van der Waals surface area contributed by atoms with E-state index < -0.39 is 5.60 Å². The molecule has 2 bridgehead atoms. The minimum Gasteiger partial charge on any atom is -0.360 e. The van der Waals surface area contributed by atoms with Crippen LogP contribution in [0.5, 0.6) is 0 Å². The van der Waals surface area contributed by atoms with E-state index in [2.05, 4.69) is 31.2 Å². The third-order valence-electron chi connectivity index (χ3n) is 6.11. The highest BCUT2D eigenvalue weighted by molar-refractivity contribution is 5.93. The van der Waals surface area contributed by atoms with E-state index in [4.69, 9.17) is 4.74 Å². The highest BCUT2D eigenvalue weighted by atomic mass is 16.5. The number of carbonyl (C=O) groups excluding carboxylic acids is 2. The molecule has 3 aliphatic heterocycles. The molecule has 26 heavy (non-hydrogen) atoms. The first kappa shape index (κ1) is 17.3. The SMILES string of the molecule is CCN(C)C(=O)C1C2C(=O)N(CCc3ccc(C)cc3)C[C@@]23C=C[C@@H]1O3. The molecule has 1 aromatic carbocycles. The first-order valence-corrected chi connectivity index (χ1v) is 9.41. The molecule has 138 valence electrons. The number of benzene rings is 1. The number of fused-ring (bicyclic) bond motifs is 1. The average molecular weight is 354 g/mol. The Hall–Kier alpha value is -2.14. The molecule has 2 saturated heterocycles. The van der Waals surface area contributed by atoms with E-state index >= 15 is 0 Å². The number of likely N-dealkylation sites (tertiary alicyclic amines) is 1. The number of aryl methyl sites for hydroxylation is 1. The van der Waals surface area contributed by atoms with Gasteiger partial charge in [0.1, 0.15) is 5.60 Å². The molecule has 1 aromatic rings. The normalized spacial score (nSPS) is 31.6. The zero-order valence-electron chi connectivity index (χ0n) is 15.6. The van der Waals surface area contributed by atoms with E-state index in [-0.39, 0.29) is 29.8 Å². The van der Waals surface area contributed by atoms with Gasteiger partial charge in [-0.25, -0.2) is 0 Å². The first-order chi connectivity index (χ1) is 12.4. The fourth-order valence-electron chi connectivity index (χ4n) is 4.48. The number of ether oxygens (including phenoxy) is 1. The monoisotopic (exact) mass is 354 g/mol. The molecule has 5 nitrogen and oxygen atoms in total. The third-order valence-corrected chi connectivity index (χ3v) is 6.11. The lowest BCUT2D eigenvalue weighted by Gasteiger charge is -2.27. The van der Waals surface area contributed by atoms with Gasteiger partial charge in [0, 0.05) is 20.1 Å². The summed E-state index contributed by atoms with van der Waals surface area (Å²) in [5.74, 6) is -0.687. The lowest BCUT2D eigenvalue weighted by atomic mass is 9.76. The summed E-state index contributed by atoms with van der Waals surface area (Å²) in [5.41, 5.74) is 1.85. The third kappa shape index (κ3) is 2.57. The van der Waals surface area contributed by atoms with Crippen molar-refractivity contribution in [2.24, 2.45) is 11.8 Å². The van der Waals surface area contributed by atoms with E-state index in [0.717, 1.165) is 6.42 Å². The van der Waals surface area contributed by atoms with Gasteiger partial charge in [0.25, 0.3) is 0 Å². The van der Waals surface area contributed by atoms with Crippen molar-refractivity contribution in [2.75, 3.05) is 26.7 Å². The fraction of sp³-hybridized carbons (Fsp3) is 0.524. The Bertz CT molecular complexity index is 757. The minimum absolute atomic E-state index is 0.0162. The quantitative estimate of drug-likeness (QED) is 0.758.